The Morgan fingerprint density at radius 1 is 1.43 bits per heavy atom. The minimum Gasteiger partial charge on any atom is -0.394 e. The fourth-order valence-electron chi connectivity index (χ4n) is 2.25. The van der Waals surface area contributed by atoms with E-state index in [-0.39, 0.29) is 12.2 Å². The molecule has 1 unspecified atom stereocenters. The van der Waals surface area contributed by atoms with Crippen molar-refractivity contribution in [2.45, 2.75) is 44.0 Å². The van der Waals surface area contributed by atoms with Gasteiger partial charge >= 0.3 is 5.69 Å². The maximum atomic E-state index is 11.9. The van der Waals surface area contributed by atoms with Gasteiger partial charge in [0.2, 0.25) is 0 Å². The molecule has 2 heterocycles. The lowest BCUT2D eigenvalue weighted by atomic mass is 10.0. The molecule has 0 spiro atoms. The number of anilines is 1. The highest BCUT2D eigenvalue weighted by atomic mass is 16.5. The van der Waals surface area contributed by atoms with Crippen LogP contribution in [0.15, 0.2) is 11.0 Å². The second-order valence-corrected chi connectivity index (χ2v) is 5.09. The van der Waals surface area contributed by atoms with Crippen LogP contribution in [0.3, 0.4) is 0 Å². The first kappa shape index (κ1) is 15.9. The number of nitrogens with two attached hydrogens (primary N) is 1. The zero-order valence-corrected chi connectivity index (χ0v) is 11.5. The van der Waals surface area contributed by atoms with Gasteiger partial charge in [0.15, 0.2) is 0 Å². The van der Waals surface area contributed by atoms with Gasteiger partial charge in [-0.3, -0.25) is 4.57 Å². The van der Waals surface area contributed by atoms with Crippen molar-refractivity contribution >= 4 is 5.82 Å². The van der Waals surface area contributed by atoms with Crippen molar-refractivity contribution < 1.29 is 25.2 Å². The van der Waals surface area contributed by atoms with E-state index in [0.717, 1.165) is 4.57 Å². The summed E-state index contributed by atoms with van der Waals surface area (Å²) in [6.45, 7) is 1.08. The molecule has 5 atom stereocenters. The number of hydrogen-bond acceptors (Lipinski definition) is 8. The zero-order valence-electron chi connectivity index (χ0n) is 11.5. The van der Waals surface area contributed by atoms with Gasteiger partial charge in [0.25, 0.3) is 0 Å². The number of nitrogens with zero attached hydrogens (tertiary/aromatic N) is 2. The molecule has 0 aromatic carbocycles. The fourth-order valence-corrected chi connectivity index (χ4v) is 2.25. The van der Waals surface area contributed by atoms with Gasteiger partial charge in [-0.1, -0.05) is 0 Å². The number of aliphatic hydroxyl groups is 4. The van der Waals surface area contributed by atoms with Gasteiger partial charge in [-0.25, -0.2) is 4.79 Å². The number of ether oxygens (including phenoxy) is 1. The third kappa shape index (κ3) is 3.06. The van der Waals surface area contributed by atoms with Gasteiger partial charge in [-0.15, -0.1) is 0 Å². The third-order valence-electron chi connectivity index (χ3n) is 3.56. The first-order valence-electron chi connectivity index (χ1n) is 6.51. The maximum absolute atomic E-state index is 11.9. The van der Waals surface area contributed by atoms with E-state index in [1.807, 2.05) is 0 Å². The Labute approximate surface area is 120 Å². The summed E-state index contributed by atoms with van der Waals surface area (Å²) in [7, 11) is 0. The molecule has 0 aliphatic carbocycles. The summed E-state index contributed by atoms with van der Waals surface area (Å²) < 4.78 is 6.55. The first-order valence-corrected chi connectivity index (χ1v) is 6.51. The molecular formula is C12H19N3O6. The summed E-state index contributed by atoms with van der Waals surface area (Å²) >= 11 is 0. The number of aromatic nitrogens is 2. The predicted octanol–water partition coefficient (Wildman–Crippen LogP) is -2.50. The molecule has 0 radical (unpaired) electrons. The Balaban J connectivity index is 2.39. The third-order valence-corrected chi connectivity index (χ3v) is 3.56. The van der Waals surface area contributed by atoms with Crippen LogP contribution in [0.1, 0.15) is 18.2 Å². The zero-order chi connectivity index (χ0) is 15.7. The summed E-state index contributed by atoms with van der Waals surface area (Å²) in [5.41, 5.74) is 5.40. The van der Waals surface area contributed by atoms with E-state index >= 15 is 0 Å². The van der Waals surface area contributed by atoms with Gasteiger partial charge in [-0.2, -0.15) is 4.98 Å². The molecule has 0 amide bonds. The van der Waals surface area contributed by atoms with Crippen LogP contribution < -0.4 is 11.4 Å². The molecule has 118 valence electrons. The normalized spacial score (nSPS) is 33.7. The molecule has 1 fully saturated rings. The molecule has 1 saturated heterocycles. The highest BCUT2D eigenvalue weighted by Crippen LogP contribution is 2.26. The molecule has 1 aromatic rings. The largest absolute Gasteiger partial charge is 0.394 e. The number of nitrogen functional groups attached to an aromatic ring is 1. The SMILES string of the molecule is Cc1cn(C2C[C@@H](O)[C@@H](O)[C@H](O)[C@@H](CO)O2)c(=O)nc1N. The van der Waals surface area contributed by atoms with Crippen molar-refractivity contribution in [3.8, 4) is 0 Å². The molecule has 9 heteroatoms. The molecule has 1 aliphatic heterocycles. The molecule has 1 aromatic heterocycles. The second kappa shape index (κ2) is 6.08. The lowest BCUT2D eigenvalue weighted by Crippen LogP contribution is -2.44. The number of aryl methyl sites for hydroxylation is 1. The van der Waals surface area contributed by atoms with Crippen LogP contribution in [0.5, 0.6) is 0 Å². The van der Waals surface area contributed by atoms with Gasteiger partial charge in [-0.05, 0) is 6.92 Å². The molecule has 9 nitrogen and oxygen atoms in total. The highest BCUT2D eigenvalue weighted by Gasteiger charge is 2.39. The van der Waals surface area contributed by atoms with E-state index in [1.54, 1.807) is 6.92 Å². The van der Waals surface area contributed by atoms with Crippen molar-refractivity contribution in [2.24, 2.45) is 0 Å². The van der Waals surface area contributed by atoms with E-state index < -0.39 is 42.9 Å². The van der Waals surface area contributed by atoms with E-state index in [2.05, 4.69) is 4.98 Å². The van der Waals surface area contributed by atoms with Crippen molar-refractivity contribution in [3.05, 3.63) is 22.2 Å². The Bertz CT molecular complexity index is 562. The molecule has 2 rings (SSSR count). The molecule has 1 aliphatic rings. The van der Waals surface area contributed by atoms with E-state index in [1.165, 1.54) is 6.20 Å². The summed E-state index contributed by atoms with van der Waals surface area (Å²) in [6.07, 6.45) is -5.10. The Kier molecular flexibility index (Phi) is 4.59. The highest BCUT2D eigenvalue weighted by molar-refractivity contribution is 5.35. The van der Waals surface area contributed by atoms with Crippen LogP contribution in [0.4, 0.5) is 5.82 Å². The van der Waals surface area contributed by atoms with E-state index in [4.69, 9.17) is 10.5 Å². The number of rotatable bonds is 2. The molecular weight excluding hydrogens is 282 g/mol. The lowest BCUT2D eigenvalue weighted by molar-refractivity contribution is -0.132. The van der Waals surface area contributed by atoms with Crippen molar-refractivity contribution in [2.75, 3.05) is 12.3 Å². The van der Waals surface area contributed by atoms with Crippen LogP contribution in [-0.2, 0) is 4.74 Å². The minimum atomic E-state index is -1.48. The monoisotopic (exact) mass is 301 g/mol. The maximum Gasteiger partial charge on any atom is 0.351 e. The van der Waals surface area contributed by atoms with E-state index in [0.29, 0.717) is 5.56 Å². The van der Waals surface area contributed by atoms with Crippen LogP contribution in [0.25, 0.3) is 0 Å². The van der Waals surface area contributed by atoms with Crippen LogP contribution in [-0.4, -0.2) is 61.0 Å². The minimum absolute atomic E-state index is 0.0872. The van der Waals surface area contributed by atoms with Crippen molar-refractivity contribution in [1.82, 2.24) is 9.55 Å². The summed E-state index contributed by atoms with van der Waals surface area (Å²) in [6, 6.07) is 0. The quantitative estimate of drug-likeness (QED) is 0.402. The lowest BCUT2D eigenvalue weighted by Gasteiger charge is -2.24. The van der Waals surface area contributed by atoms with Crippen molar-refractivity contribution in [1.29, 1.82) is 0 Å². The second-order valence-electron chi connectivity index (χ2n) is 5.09. The summed E-state index contributed by atoms with van der Waals surface area (Å²) in [5.74, 6) is 0.0872. The molecule has 6 N–H and O–H groups in total. The van der Waals surface area contributed by atoms with Gasteiger partial charge < -0.3 is 30.9 Å². The Morgan fingerprint density at radius 3 is 2.71 bits per heavy atom. The van der Waals surface area contributed by atoms with Gasteiger partial charge in [0, 0.05) is 18.2 Å². The van der Waals surface area contributed by atoms with Crippen molar-refractivity contribution in [3.63, 3.8) is 0 Å². The standard InChI is InChI=1S/C12H19N3O6/c1-5-3-15(12(20)14-11(5)13)8-2-6(17)9(18)10(19)7(4-16)21-8/h3,6-10,16-19H,2,4H2,1H3,(H2,13,14,20)/t6-,7-,8?,9-,10-/m1/s1. The van der Waals surface area contributed by atoms with E-state index in [9.17, 15) is 25.2 Å². The average molecular weight is 301 g/mol. The first-order chi connectivity index (χ1) is 9.85. The fraction of sp³-hybridized carbons (Fsp3) is 0.667. The van der Waals surface area contributed by atoms with Gasteiger partial charge in [0.05, 0.1) is 12.7 Å². The summed E-state index contributed by atoms with van der Waals surface area (Å²) in [4.78, 5) is 15.5. The molecule has 21 heavy (non-hydrogen) atoms. The smallest absolute Gasteiger partial charge is 0.351 e. The van der Waals surface area contributed by atoms with Crippen LogP contribution >= 0.6 is 0 Å². The predicted molar refractivity (Wildman–Crippen MR) is 71.3 cm³/mol. The number of aliphatic hydroxyl groups excluding tert-OH is 4. The molecule has 0 saturated carbocycles. The van der Waals surface area contributed by atoms with Gasteiger partial charge in [0.1, 0.15) is 30.4 Å². The van der Waals surface area contributed by atoms with Crippen LogP contribution in [0.2, 0.25) is 0 Å². The summed E-state index contributed by atoms with van der Waals surface area (Å²) in [5, 5.41) is 38.6. The molecule has 0 bridgehead atoms. The Morgan fingerprint density at radius 2 is 2.10 bits per heavy atom. The topological polar surface area (TPSA) is 151 Å². The average Bonchev–Trinajstić information content (AvgIpc) is 2.54. The Hall–Kier alpha value is -1.52. The van der Waals surface area contributed by atoms with Crippen LogP contribution in [0, 0.1) is 6.92 Å². The number of hydrogen-bond donors (Lipinski definition) is 5.